The number of nitriles is 1. The number of rotatable bonds is 10. The average molecular weight is 635 g/mol. The number of esters is 1. The molecule has 0 aliphatic rings. The van der Waals surface area contributed by atoms with Crippen LogP contribution >= 0.6 is 0 Å². The quantitative estimate of drug-likeness (QED) is 0.163. The summed E-state index contributed by atoms with van der Waals surface area (Å²) in [5, 5.41) is 18.3. The average Bonchev–Trinajstić information content (AvgIpc) is 3.47. The van der Waals surface area contributed by atoms with E-state index in [9.17, 15) is 14.9 Å². The Bertz CT molecular complexity index is 2170. The van der Waals surface area contributed by atoms with Crippen molar-refractivity contribution >= 4 is 22.8 Å². The minimum Gasteiger partial charge on any atom is -0.457 e. The highest BCUT2D eigenvalue weighted by Crippen LogP contribution is 2.33. The summed E-state index contributed by atoms with van der Waals surface area (Å²) in [5.41, 5.74) is 8.58. The Morgan fingerprint density at radius 2 is 1.75 bits per heavy atom. The highest BCUT2D eigenvalue weighted by molar-refractivity contribution is 6.00. The fraction of sp³-hybridized carbons (Fsp3) is 0.179. The van der Waals surface area contributed by atoms with Gasteiger partial charge in [0.15, 0.2) is 0 Å². The van der Waals surface area contributed by atoms with Crippen LogP contribution in [0.4, 0.5) is 0 Å². The highest BCUT2D eigenvalue weighted by Gasteiger charge is 2.21. The van der Waals surface area contributed by atoms with E-state index in [2.05, 4.69) is 21.4 Å². The first-order valence-electron chi connectivity index (χ1n) is 15.7. The third-order valence-electron chi connectivity index (χ3n) is 8.15. The van der Waals surface area contributed by atoms with Crippen molar-refractivity contribution in [1.29, 1.82) is 5.26 Å². The van der Waals surface area contributed by atoms with Gasteiger partial charge in [0.2, 0.25) is 0 Å². The van der Waals surface area contributed by atoms with Crippen molar-refractivity contribution in [2.75, 3.05) is 0 Å². The normalized spacial score (nSPS) is 10.9. The Morgan fingerprint density at radius 3 is 2.50 bits per heavy atom. The molecule has 0 aliphatic heterocycles. The van der Waals surface area contributed by atoms with E-state index in [-0.39, 0.29) is 19.1 Å². The number of nitrogens with one attached hydrogen (secondary N) is 1. The van der Waals surface area contributed by atoms with Crippen molar-refractivity contribution in [3.63, 3.8) is 0 Å². The monoisotopic (exact) mass is 634 g/mol. The molecule has 2 heterocycles. The molecule has 0 saturated carbocycles. The molecule has 6 rings (SSSR count). The topological polar surface area (TPSA) is 123 Å². The van der Waals surface area contributed by atoms with Crippen LogP contribution in [0.15, 0.2) is 97.3 Å². The van der Waals surface area contributed by atoms with Crippen LogP contribution in [0.5, 0.6) is 0 Å². The van der Waals surface area contributed by atoms with Crippen LogP contribution in [0.1, 0.15) is 67.0 Å². The van der Waals surface area contributed by atoms with Gasteiger partial charge >= 0.3 is 5.97 Å². The Labute approximate surface area is 278 Å². The summed E-state index contributed by atoms with van der Waals surface area (Å²) < 4.78 is 7.68. The lowest BCUT2D eigenvalue weighted by molar-refractivity contribution is 0.0473. The zero-order valence-electron chi connectivity index (χ0n) is 27.0. The minimum atomic E-state index is -0.457. The van der Waals surface area contributed by atoms with Crippen LogP contribution < -0.4 is 5.32 Å². The fourth-order valence-electron chi connectivity index (χ4n) is 5.63. The number of aromatic nitrogens is 4. The van der Waals surface area contributed by atoms with Crippen LogP contribution in [0.25, 0.3) is 22.0 Å². The van der Waals surface area contributed by atoms with E-state index >= 15 is 0 Å². The van der Waals surface area contributed by atoms with E-state index in [0.29, 0.717) is 40.9 Å². The summed E-state index contributed by atoms with van der Waals surface area (Å²) in [6.07, 6.45) is 3.73. The summed E-state index contributed by atoms with van der Waals surface area (Å²) in [6, 6.07) is 28.5. The molecule has 0 bridgehead atoms. The maximum Gasteiger partial charge on any atom is 0.339 e. The second-order valence-electron chi connectivity index (χ2n) is 11.6. The summed E-state index contributed by atoms with van der Waals surface area (Å²) in [7, 11) is 0. The van der Waals surface area contributed by atoms with E-state index < -0.39 is 5.97 Å². The lowest BCUT2D eigenvalue weighted by atomic mass is 9.90. The molecule has 1 N–H and O–H groups in total. The fourth-order valence-corrected chi connectivity index (χ4v) is 5.63. The van der Waals surface area contributed by atoms with Crippen LogP contribution in [-0.4, -0.2) is 31.6 Å². The predicted molar refractivity (Wildman–Crippen MR) is 183 cm³/mol. The van der Waals surface area contributed by atoms with Crippen LogP contribution in [-0.2, 0) is 30.9 Å². The number of hydrogen-bond acceptors (Lipinski definition) is 7. The maximum atomic E-state index is 13.7. The first kappa shape index (κ1) is 31.8. The molecule has 0 radical (unpaired) electrons. The summed E-state index contributed by atoms with van der Waals surface area (Å²) in [5.74, 6) is -0.740. The Morgan fingerprint density at radius 1 is 0.917 bits per heavy atom. The molecule has 238 valence electrons. The number of nitrogens with zero attached hydrogens (tertiary/aromatic N) is 5. The van der Waals surface area contributed by atoms with E-state index in [4.69, 9.17) is 9.84 Å². The van der Waals surface area contributed by atoms with Crippen molar-refractivity contribution in [3.05, 3.63) is 148 Å². The van der Waals surface area contributed by atoms with E-state index in [1.165, 1.54) is 0 Å². The van der Waals surface area contributed by atoms with Gasteiger partial charge < -0.3 is 10.1 Å². The summed E-state index contributed by atoms with van der Waals surface area (Å²) in [4.78, 5) is 35.7. The second-order valence-corrected chi connectivity index (χ2v) is 11.6. The molecular weight excluding hydrogens is 600 g/mol. The standard InChI is InChI=1S/C39H34N6O3/c1-4-45-37-17-28(20-40)11-15-33(37)36(44-45)19-29-12-13-30(38(46)43-23-31-22-41-26(3)21-42-31)18-34(29)32-14-10-25(2)16-35(32)39(47)48-24-27-8-6-5-7-9-27/h5-18,21-22H,4,19,23-24H2,1-3H3,(H,43,46). The van der Waals surface area contributed by atoms with Crippen molar-refractivity contribution < 1.29 is 14.3 Å². The predicted octanol–water partition coefficient (Wildman–Crippen LogP) is 6.88. The molecular formula is C39H34N6O3. The molecule has 0 atom stereocenters. The van der Waals surface area contributed by atoms with Gasteiger partial charge in [-0.2, -0.15) is 10.4 Å². The molecule has 0 aliphatic carbocycles. The van der Waals surface area contributed by atoms with Crippen LogP contribution in [0, 0.1) is 25.2 Å². The van der Waals surface area contributed by atoms with Gasteiger partial charge in [0.05, 0.1) is 52.5 Å². The smallest absolute Gasteiger partial charge is 0.339 e. The molecule has 1 amide bonds. The summed E-state index contributed by atoms with van der Waals surface area (Å²) >= 11 is 0. The Hall–Kier alpha value is -6.14. The van der Waals surface area contributed by atoms with Crippen molar-refractivity contribution in [1.82, 2.24) is 25.1 Å². The number of carbonyl (C=O) groups is 2. The highest BCUT2D eigenvalue weighted by atomic mass is 16.5. The molecule has 0 fully saturated rings. The number of aryl methyl sites for hydroxylation is 3. The first-order chi connectivity index (χ1) is 23.3. The number of fused-ring (bicyclic) bond motifs is 1. The van der Waals surface area contributed by atoms with Gasteiger partial charge in [-0.05, 0) is 79.4 Å². The molecule has 6 aromatic rings. The first-order valence-corrected chi connectivity index (χ1v) is 15.7. The molecule has 9 heteroatoms. The van der Waals surface area contributed by atoms with Crippen molar-refractivity contribution in [2.24, 2.45) is 0 Å². The molecule has 2 aromatic heterocycles. The van der Waals surface area contributed by atoms with Crippen molar-refractivity contribution in [3.8, 4) is 17.2 Å². The molecule has 9 nitrogen and oxygen atoms in total. The van der Waals surface area contributed by atoms with E-state index in [1.807, 2.05) is 98.2 Å². The van der Waals surface area contributed by atoms with Crippen LogP contribution in [0.3, 0.4) is 0 Å². The largest absolute Gasteiger partial charge is 0.457 e. The van der Waals surface area contributed by atoms with Gasteiger partial charge in [0.25, 0.3) is 5.91 Å². The van der Waals surface area contributed by atoms with Gasteiger partial charge in [0.1, 0.15) is 6.61 Å². The van der Waals surface area contributed by atoms with Crippen LogP contribution in [0.2, 0.25) is 0 Å². The zero-order valence-corrected chi connectivity index (χ0v) is 27.0. The lowest BCUT2D eigenvalue weighted by Gasteiger charge is -2.16. The summed E-state index contributed by atoms with van der Waals surface area (Å²) in [6.45, 7) is 6.78. The number of amides is 1. The van der Waals surface area contributed by atoms with Gasteiger partial charge in [-0.25, -0.2) is 4.79 Å². The molecule has 0 spiro atoms. The van der Waals surface area contributed by atoms with Gasteiger partial charge in [-0.3, -0.25) is 19.4 Å². The maximum absolute atomic E-state index is 13.7. The molecule has 0 unspecified atom stereocenters. The Balaban J connectivity index is 1.40. The number of ether oxygens (including phenoxy) is 1. The lowest BCUT2D eigenvalue weighted by Crippen LogP contribution is -2.23. The minimum absolute atomic E-state index is 0.134. The number of benzene rings is 4. The van der Waals surface area contributed by atoms with E-state index in [0.717, 1.165) is 44.5 Å². The molecule has 0 saturated heterocycles. The number of carbonyl (C=O) groups excluding carboxylic acids is 2. The third kappa shape index (κ3) is 6.98. The van der Waals surface area contributed by atoms with E-state index in [1.54, 1.807) is 24.5 Å². The zero-order chi connectivity index (χ0) is 33.6. The molecule has 48 heavy (non-hydrogen) atoms. The van der Waals surface area contributed by atoms with Gasteiger partial charge in [-0.1, -0.05) is 54.1 Å². The van der Waals surface area contributed by atoms with Gasteiger partial charge in [0, 0.05) is 30.1 Å². The molecule has 4 aromatic carbocycles. The van der Waals surface area contributed by atoms with Gasteiger partial charge in [-0.15, -0.1) is 0 Å². The Kier molecular flexibility index (Phi) is 9.35. The van der Waals surface area contributed by atoms with Crippen molar-refractivity contribution in [2.45, 2.75) is 46.9 Å². The number of hydrogen-bond donors (Lipinski definition) is 1. The SMILES string of the molecule is CCn1nc(Cc2ccc(C(=O)NCc3cnc(C)cn3)cc2-c2ccc(C)cc2C(=O)OCc2ccccc2)c2ccc(C#N)cc21. The second kappa shape index (κ2) is 14.1. The third-order valence-corrected chi connectivity index (χ3v) is 8.15.